The zero-order valence-corrected chi connectivity index (χ0v) is 11.5. The second-order valence-electron chi connectivity index (χ2n) is 5.98. The Labute approximate surface area is 115 Å². The predicted octanol–water partition coefficient (Wildman–Crippen LogP) is 2.25. The Balaban J connectivity index is 1.57. The maximum atomic E-state index is 10.1. The molecule has 0 bridgehead atoms. The lowest BCUT2D eigenvalue weighted by atomic mass is 9.94. The summed E-state index contributed by atoms with van der Waals surface area (Å²) in [6.45, 7) is 2.28. The largest absolute Gasteiger partial charge is 0.393 e. The molecule has 3 heteroatoms. The summed E-state index contributed by atoms with van der Waals surface area (Å²) >= 11 is 0. The van der Waals surface area contributed by atoms with E-state index >= 15 is 0 Å². The fourth-order valence-corrected chi connectivity index (χ4v) is 3.84. The summed E-state index contributed by atoms with van der Waals surface area (Å²) in [5.41, 5.74) is 1.18. The van der Waals surface area contributed by atoms with Crippen molar-refractivity contribution in [3.63, 3.8) is 0 Å². The summed E-state index contributed by atoms with van der Waals surface area (Å²) in [6, 6.07) is 6.75. The first kappa shape index (κ1) is 13.1. The van der Waals surface area contributed by atoms with Crippen LogP contribution in [0.2, 0.25) is 0 Å². The maximum Gasteiger partial charge on any atom is 0.0583 e. The minimum atomic E-state index is -0.0551. The molecule has 1 aromatic rings. The van der Waals surface area contributed by atoms with E-state index in [1.165, 1.54) is 37.9 Å². The van der Waals surface area contributed by atoms with Gasteiger partial charge in [-0.1, -0.05) is 12.5 Å². The number of hydrogen-bond acceptors (Lipinski definition) is 3. The Kier molecular flexibility index (Phi) is 4.14. The monoisotopic (exact) mass is 260 g/mol. The third kappa shape index (κ3) is 2.98. The van der Waals surface area contributed by atoms with Crippen LogP contribution >= 0.6 is 0 Å². The van der Waals surface area contributed by atoms with Crippen LogP contribution in [0.15, 0.2) is 24.4 Å². The van der Waals surface area contributed by atoms with Gasteiger partial charge >= 0.3 is 0 Å². The van der Waals surface area contributed by atoms with Gasteiger partial charge in [0.2, 0.25) is 0 Å². The lowest BCUT2D eigenvalue weighted by Crippen LogP contribution is -2.39. The Bertz CT molecular complexity index is 395. The third-order valence-electron chi connectivity index (χ3n) is 4.82. The number of nitrogens with zero attached hydrogens (tertiary/aromatic N) is 2. The Morgan fingerprint density at radius 3 is 2.89 bits per heavy atom. The maximum absolute atomic E-state index is 10.1. The van der Waals surface area contributed by atoms with Crippen LogP contribution < -0.4 is 0 Å². The van der Waals surface area contributed by atoms with Gasteiger partial charge in [-0.05, 0) is 44.4 Å². The van der Waals surface area contributed by atoms with Crippen molar-refractivity contribution >= 4 is 0 Å². The van der Waals surface area contributed by atoms with Gasteiger partial charge < -0.3 is 5.11 Å². The minimum absolute atomic E-state index is 0.0551. The summed E-state index contributed by atoms with van der Waals surface area (Å²) < 4.78 is 0. The van der Waals surface area contributed by atoms with E-state index in [0.717, 1.165) is 19.4 Å². The van der Waals surface area contributed by atoms with Crippen LogP contribution in [0.1, 0.15) is 37.8 Å². The first-order valence-corrected chi connectivity index (χ1v) is 7.66. The Morgan fingerprint density at radius 1 is 1.21 bits per heavy atom. The SMILES string of the molecule is OC1CCCC1C1CCCN1CCc1ccccn1. The number of rotatable bonds is 4. The second kappa shape index (κ2) is 6.02. The number of pyridine rings is 1. The van der Waals surface area contributed by atoms with Crippen molar-refractivity contribution in [2.24, 2.45) is 5.92 Å². The van der Waals surface area contributed by atoms with Crippen LogP contribution in [0.4, 0.5) is 0 Å². The Hall–Kier alpha value is -0.930. The van der Waals surface area contributed by atoms with Crippen LogP contribution in [-0.4, -0.2) is 40.2 Å². The van der Waals surface area contributed by atoms with Gasteiger partial charge in [0.1, 0.15) is 0 Å². The molecule has 1 saturated heterocycles. The van der Waals surface area contributed by atoms with Gasteiger partial charge in [0.15, 0.2) is 0 Å². The molecule has 0 amide bonds. The highest BCUT2D eigenvalue weighted by atomic mass is 16.3. The first-order valence-electron chi connectivity index (χ1n) is 7.66. The van der Waals surface area contributed by atoms with Crippen molar-refractivity contribution in [3.05, 3.63) is 30.1 Å². The molecule has 2 fully saturated rings. The number of aliphatic hydroxyl groups is 1. The van der Waals surface area contributed by atoms with Crippen molar-refractivity contribution in [2.75, 3.05) is 13.1 Å². The number of likely N-dealkylation sites (tertiary alicyclic amines) is 1. The van der Waals surface area contributed by atoms with E-state index < -0.39 is 0 Å². The van der Waals surface area contributed by atoms with Gasteiger partial charge in [-0.3, -0.25) is 9.88 Å². The molecule has 2 aliphatic rings. The van der Waals surface area contributed by atoms with E-state index in [1.807, 2.05) is 12.3 Å². The van der Waals surface area contributed by atoms with Crippen LogP contribution in [0.3, 0.4) is 0 Å². The zero-order chi connectivity index (χ0) is 13.1. The van der Waals surface area contributed by atoms with Crippen molar-refractivity contribution < 1.29 is 5.11 Å². The van der Waals surface area contributed by atoms with Crippen molar-refractivity contribution in [1.29, 1.82) is 0 Å². The smallest absolute Gasteiger partial charge is 0.0583 e. The predicted molar refractivity (Wildman–Crippen MR) is 75.9 cm³/mol. The van der Waals surface area contributed by atoms with Gasteiger partial charge in [0, 0.05) is 36.8 Å². The fraction of sp³-hybridized carbons (Fsp3) is 0.688. The molecule has 0 aromatic carbocycles. The molecule has 1 N–H and O–H groups in total. The van der Waals surface area contributed by atoms with E-state index in [-0.39, 0.29) is 6.10 Å². The molecule has 2 heterocycles. The molecular formula is C16H24N2O. The number of hydrogen-bond donors (Lipinski definition) is 1. The molecule has 0 radical (unpaired) electrons. The standard InChI is InChI=1S/C16H24N2O/c19-16-8-3-6-14(16)15-7-4-11-18(15)12-9-13-5-1-2-10-17-13/h1-2,5,10,14-16,19H,3-4,6-9,11-12H2. The molecule has 3 nitrogen and oxygen atoms in total. The molecule has 1 saturated carbocycles. The molecule has 0 spiro atoms. The molecule has 1 aromatic heterocycles. The van der Waals surface area contributed by atoms with E-state index in [2.05, 4.69) is 22.0 Å². The van der Waals surface area contributed by atoms with E-state index in [0.29, 0.717) is 12.0 Å². The highest BCUT2D eigenvalue weighted by molar-refractivity contribution is 5.04. The van der Waals surface area contributed by atoms with Crippen molar-refractivity contribution in [1.82, 2.24) is 9.88 Å². The van der Waals surface area contributed by atoms with Gasteiger partial charge in [-0.25, -0.2) is 0 Å². The molecule has 3 rings (SSSR count). The summed E-state index contributed by atoms with van der Waals surface area (Å²) in [5.74, 6) is 0.520. The topological polar surface area (TPSA) is 36.4 Å². The summed E-state index contributed by atoms with van der Waals surface area (Å²) in [4.78, 5) is 6.99. The molecular weight excluding hydrogens is 236 g/mol. The summed E-state index contributed by atoms with van der Waals surface area (Å²) in [5, 5.41) is 10.1. The average molecular weight is 260 g/mol. The van der Waals surface area contributed by atoms with Gasteiger partial charge in [0.05, 0.1) is 6.10 Å². The number of aliphatic hydroxyl groups excluding tert-OH is 1. The van der Waals surface area contributed by atoms with Crippen LogP contribution in [0.5, 0.6) is 0 Å². The van der Waals surface area contributed by atoms with Crippen molar-refractivity contribution in [2.45, 2.75) is 50.7 Å². The molecule has 3 unspecified atom stereocenters. The lowest BCUT2D eigenvalue weighted by Gasteiger charge is -2.31. The lowest BCUT2D eigenvalue weighted by molar-refractivity contribution is 0.0750. The third-order valence-corrected chi connectivity index (χ3v) is 4.82. The first-order chi connectivity index (χ1) is 9.34. The van der Waals surface area contributed by atoms with Crippen LogP contribution in [0, 0.1) is 5.92 Å². The van der Waals surface area contributed by atoms with Gasteiger partial charge in [-0.2, -0.15) is 0 Å². The van der Waals surface area contributed by atoms with Gasteiger partial charge in [-0.15, -0.1) is 0 Å². The quantitative estimate of drug-likeness (QED) is 0.902. The highest BCUT2D eigenvalue weighted by Gasteiger charge is 2.37. The minimum Gasteiger partial charge on any atom is -0.393 e. The summed E-state index contributed by atoms with van der Waals surface area (Å²) in [7, 11) is 0. The average Bonchev–Trinajstić information content (AvgIpc) is 3.05. The molecule has 19 heavy (non-hydrogen) atoms. The Morgan fingerprint density at radius 2 is 2.16 bits per heavy atom. The fourth-order valence-electron chi connectivity index (χ4n) is 3.84. The van der Waals surface area contributed by atoms with Crippen LogP contribution in [0.25, 0.3) is 0 Å². The molecule has 3 atom stereocenters. The van der Waals surface area contributed by atoms with Crippen molar-refractivity contribution in [3.8, 4) is 0 Å². The molecule has 1 aliphatic heterocycles. The number of aromatic nitrogens is 1. The molecule has 104 valence electrons. The second-order valence-corrected chi connectivity index (χ2v) is 5.98. The van der Waals surface area contributed by atoms with Crippen LogP contribution in [-0.2, 0) is 6.42 Å². The van der Waals surface area contributed by atoms with Gasteiger partial charge in [0.25, 0.3) is 0 Å². The van der Waals surface area contributed by atoms with E-state index in [1.54, 1.807) is 0 Å². The molecule has 1 aliphatic carbocycles. The normalized spacial score (nSPS) is 31.9. The highest BCUT2D eigenvalue weighted by Crippen LogP contribution is 2.35. The summed E-state index contributed by atoms with van der Waals surface area (Å²) in [6.07, 6.45) is 8.83. The zero-order valence-electron chi connectivity index (χ0n) is 11.5. The van der Waals surface area contributed by atoms with E-state index in [9.17, 15) is 5.11 Å². The van der Waals surface area contributed by atoms with E-state index in [4.69, 9.17) is 0 Å².